The third kappa shape index (κ3) is 3.21. The van der Waals surface area contributed by atoms with Crippen molar-refractivity contribution in [3.63, 3.8) is 0 Å². The fourth-order valence-electron chi connectivity index (χ4n) is 2.27. The third-order valence-electron chi connectivity index (χ3n) is 4.40. The van der Waals surface area contributed by atoms with Crippen molar-refractivity contribution in [3.05, 3.63) is 35.4 Å². The summed E-state index contributed by atoms with van der Waals surface area (Å²) < 4.78 is 10.7. The summed E-state index contributed by atoms with van der Waals surface area (Å²) in [5.41, 5.74) is 1.94. The predicted octanol–water partition coefficient (Wildman–Crippen LogP) is 3.78. The van der Waals surface area contributed by atoms with Crippen molar-refractivity contribution in [2.75, 3.05) is 19.8 Å². The maximum absolute atomic E-state index is 12.0. The number of carbonyl (C=O) groups excluding carboxylic acids is 1. The van der Waals surface area contributed by atoms with Crippen molar-refractivity contribution >= 4 is 5.97 Å². The summed E-state index contributed by atoms with van der Waals surface area (Å²) >= 11 is 0. The predicted molar refractivity (Wildman–Crippen MR) is 79.0 cm³/mol. The van der Waals surface area contributed by atoms with Gasteiger partial charge in [0, 0.05) is 0 Å². The summed E-state index contributed by atoms with van der Waals surface area (Å²) in [5, 5.41) is 0. The minimum atomic E-state index is -0.236. The molecule has 1 aromatic rings. The van der Waals surface area contributed by atoms with Crippen LogP contribution in [0.15, 0.2) is 24.3 Å². The van der Waals surface area contributed by atoms with Crippen LogP contribution in [0.1, 0.15) is 55.5 Å². The van der Waals surface area contributed by atoms with Crippen molar-refractivity contribution < 1.29 is 14.3 Å². The molecule has 0 bridgehead atoms. The maximum Gasteiger partial charge on any atom is 0.338 e. The van der Waals surface area contributed by atoms with E-state index in [9.17, 15) is 4.79 Å². The Labute approximate surface area is 121 Å². The molecule has 0 spiro atoms. The number of rotatable bonds is 6. The van der Waals surface area contributed by atoms with Crippen LogP contribution in [0.4, 0.5) is 0 Å². The number of hydrogen-bond acceptors (Lipinski definition) is 3. The molecule has 110 valence electrons. The normalized spacial score (nSPS) is 18.1. The number of benzene rings is 1. The van der Waals surface area contributed by atoms with Crippen molar-refractivity contribution in [1.29, 1.82) is 0 Å². The first kappa shape index (κ1) is 15.0. The fourth-order valence-corrected chi connectivity index (χ4v) is 2.27. The van der Waals surface area contributed by atoms with E-state index < -0.39 is 0 Å². The lowest BCUT2D eigenvalue weighted by atomic mass is 9.84. The molecule has 1 saturated heterocycles. The van der Waals surface area contributed by atoms with Gasteiger partial charge in [0.05, 0.1) is 24.2 Å². The third-order valence-corrected chi connectivity index (χ3v) is 4.40. The van der Waals surface area contributed by atoms with Crippen LogP contribution >= 0.6 is 0 Å². The lowest BCUT2D eigenvalue weighted by Gasteiger charge is -2.39. The molecule has 1 aliphatic rings. The van der Waals surface area contributed by atoms with Crippen LogP contribution in [0.3, 0.4) is 0 Å². The van der Waals surface area contributed by atoms with Crippen LogP contribution in [0.25, 0.3) is 0 Å². The zero-order valence-corrected chi connectivity index (χ0v) is 12.6. The van der Waals surface area contributed by atoms with Gasteiger partial charge in [0.25, 0.3) is 0 Å². The van der Waals surface area contributed by atoms with Gasteiger partial charge < -0.3 is 9.47 Å². The number of hydrogen-bond donors (Lipinski definition) is 0. The molecule has 1 fully saturated rings. The molecule has 3 heteroatoms. The molecule has 0 radical (unpaired) electrons. The Bertz CT molecular complexity index is 440. The average molecular weight is 276 g/mol. The Morgan fingerprint density at radius 2 is 1.95 bits per heavy atom. The van der Waals surface area contributed by atoms with E-state index in [1.807, 2.05) is 24.3 Å². The quantitative estimate of drug-likeness (QED) is 0.742. The average Bonchev–Trinajstić information content (AvgIpc) is 2.45. The van der Waals surface area contributed by atoms with Crippen LogP contribution in [-0.4, -0.2) is 25.8 Å². The van der Waals surface area contributed by atoms with E-state index in [0.29, 0.717) is 31.3 Å². The van der Waals surface area contributed by atoms with E-state index in [1.54, 1.807) is 0 Å². The molecular weight excluding hydrogens is 252 g/mol. The van der Waals surface area contributed by atoms with Crippen LogP contribution < -0.4 is 0 Å². The first-order valence-electron chi connectivity index (χ1n) is 7.45. The Balaban J connectivity index is 1.92. The topological polar surface area (TPSA) is 35.5 Å². The summed E-state index contributed by atoms with van der Waals surface area (Å²) in [6, 6.07) is 7.76. The van der Waals surface area contributed by atoms with Crippen LogP contribution in [0.2, 0.25) is 0 Å². The highest BCUT2D eigenvalue weighted by atomic mass is 16.5. The fraction of sp³-hybridized carbons (Fsp3) is 0.588. The molecule has 1 aliphatic heterocycles. The van der Waals surface area contributed by atoms with Gasteiger partial charge in [-0.3, -0.25) is 0 Å². The Morgan fingerprint density at radius 3 is 2.40 bits per heavy atom. The van der Waals surface area contributed by atoms with E-state index in [1.165, 1.54) is 5.56 Å². The second-order valence-corrected chi connectivity index (χ2v) is 5.85. The van der Waals surface area contributed by atoms with Crippen LogP contribution in [0, 0.1) is 5.41 Å². The SMILES string of the molecule is CCC(C)c1ccc(C(=O)OCC2(CC)COC2)cc1. The lowest BCUT2D eigenvalue weighted by molar-refractivity contribution is -0.140. The standard InChI is InChI=1S/C17H24O3/c1-4-13(3)14-6-8-15(9-7-14)16(18)20-12-17(5-2)10-19-11-17/h6-9,13H,4-5,10-12H2,1-3H3. The molecule has 0 saturated carbocycles. The molecule has 1 aromatic carbocycles. The van der Waals surface area contributed by atoms with Crippen molar-refractivity contribution in [2.24, 2.45) is 5.41 Å². The lowest BCUT2D eigenvalue weighted by Crippen LogP contribution is -2.46. The number of esters is 1. The summed E-state index contributed by atoms with van der Waals surface area (Å²) in [6.45, 7) is 8.31. The monoisotopic (exact) mass is 276 g/mol. The molecular formula is C17H24O3. The van der Waals surface area contributed by atoms with E-state index in [2.05, 4.69) is 20.8 Å². The number of ether oxygens (including phenoxy) is 2. The maximum atomic E-state index is 12.0. The zero-order chi connectivity index (χ0) is 14.6. The van der Waals surface area contributed by atoms with Crippen LogP contribution in [0.5, 0.6) is 0 Å². The second kappa shape index (κ2) is 6.40. The Hall–Kier alpha value is -1.35. The summed E-state index contributed by atoms with van der Waals surface area (Å²) in [7, 11) is 0. The minimum absolute atomic E-state index is 0.0479. The molecule has 3 nitrogen and oxygen atoms in total. The van der Waals surface area contributed by atoms with Crippen molar-refractivity contribution in [1.82, 2.24) is 0 Å². The van der Waals surface area contributed by atoms with E-state index in [0.717, 1.165) is 12.8 Å². The minimum Gasteiger partial charge on any atom is -0.461 e. The van der Waals surface area contributed by atoms with Gasteiger partial charge in [0.15, 0.2) is 0 Å². The van der Waals surface area contributed by atoms with Gasteiger partial charge in [-0.25, -0.2) is 4.79 Å². The van der Waals surface area contributed by atoms with Crippen LogP contribution in [-0.2, 0) is 9.47 Å². The summed E-state index contributed by atoms with van der Waals surface area (Å²) in [4.78, 5) is 12.0. The van der Waals surface area contributed by atoms with Gasteiger partial charge >= 0.3 is 5.97 Å². The van der Waals surface area contributed by atoms with E-state index in [4.69, 9.17) is 9.47 Å². The highest BCUT2D eigenvalue weighted by molar-refractivity contribution is 5.89. The molecule has 0 aromatic heterocycles. The second-order valence-electron chi connectivity index (χ2n) is 5.85. The Kier molecular flexibility index (Phi) is 4.81. The Morgan fingerprint density at radius 1 is 1.30 bits per heavy atom. The van der Waals surface area contributed by atoms with Gasteiger partial charge in [-0.15, -0.1) is 0 Å². The molecule has 0 amide bonds. The molecule has 1 heterocycles. The molecule has 1 atom stereocenters. The molecule has 20 heavy (non-hydrogen) atoms. The highest BCUT2D eigenvalue weighted by Crippen LogP contribution is 2.31. The first-order chi connectivity index (χ1) is 9.60. The molecule has 1 unspecified atom stereocenters. The van der Waals surface area contributed by atoms with E-state index >= 15 is 0 Å². The summed E-state index contributed by atoms with van der Waals surface area (Å²) in [5.74, 6) is 0.288. The van der Waals surface area contributed by atoms with Gasteiger partial charge in [-0.05, 0) is 36.5 Å². The van der Waals surface area contributed by atoms with E-state index in [-0.39, 0.29) is 11.4 Å². The first-order valence-corrected chi connectivity index (χ1v) is 7.45. The highest BCUT2D eigenvalue weighted by Gasteiger charge is 2.38. The smallest absolute Gasteiger partial charge is 0.338 e. The molecule has 0 N–H and O–H groups in total. The summed E-state index contributed by atoms with van der Waals surface area (Å²) in [6.07, 6.45) is 2.08. The van der Waals surface area contributed by atoms with Gasteiger partial charge in [-0.1, -0.05) is 32.9 Å². The van der Waals surface area contributed by atoms with Crippen molar-refractivity contribution in [3.8, 4) is 0 Å². The van der Waals surface area contributed by atoms with Crippen molar-refractivity contribution in [2.45, 2.75) is 39.5 Å². The van der Waals surface area contributed by atoms with Gasteiger partial charge in [0.1, 0.15) is 6.61 Å². The molecule has 2 rings (SSSR count). The number of carbonyl (C=O) groups is 1. The largest absolute Gasteiger partial charge is 0.461 e. The zero-order valence-electron chi connectivity index (χ0n) is 12.6. The molecule has 0 aliphatic carbocycles. The van der Waals surface area contributed by atoms with Gasteiger partial charge in [-0.2, -0.15) is 0 Å². The van der Waals surface area contributed by atoms with Gasteiger partial charge in [0.2, 0.25) is 0 Å².